The van der Waals surface area contributed by atoms with Gasteiger partial charge in [-0.15, -0.1) is 24.8 Å². The molecule has 4 nitrogen and oxygen atoms in total. The average Bonchev–Trinajstić information content (AvgIpc) is 1.33. The van der Waals surface area contributed by atoms with E-state index in [4.69, 9.17) is 19.6 Å². The van der Waals surface area contributed by atoms with Crippen molar-refractivity contribution >= 4 is 33.1 Å². The fraction of sp³-hybridized carbons (Fsp3) is 0.500. The van der Waals surface area contributed by atoms with Gasteiger partial charge in [0.1, 0.15) is 0 Å². The van der Waals surface area contributed by atoms with E-state index in [0.717, 1.165) is 0 Å². The summed E-state index contributed by atoms with van der Waals surface area (Å²) in [6.07, 6.45) is 0. The van der Waals surface area contributed by atoms with Gasteiger partial charge in [0.2, 0.25) is 0 Å². The quantitative estimate of drug-likeness (QED) is 0.559. The second-order valence-corrected chi connectivity index (χ2v) is 1.07. The van der Waals surface area contributed by atoms with Crippen LogP contribution in [0.1, 0.15) is 6.92 Å². The number of hydrogen-bond acceptors (Lipinski definition) is 2. The predicted octanol–water partition coefficient (Wildman–Crippen LogP) is 0.734. The molecule has 0 aliphatic carbocycles. The predicted molar refractivity (Wildman–Crippen MR) is 39.2 cm³/mol. The third-order valence-corrected chi connectivity index (χ3v) is 0. The molecule has 0 bridgehead atoms. The van der Waals surface area contributed by atoms with Gasteiger partial charge in [-0.1, -0.05) is 0 Å². The normalized spacial score (nSPS) is 4.78. The molecule has 0 saturated heterocycles. The summed E-state index contributed by atoms with van der Waals surface area (Å²) in [4.78, 5) is 14.3. The summed E-state index contributed by atoms with van der Waals surface area (Å²) >= 11 is 0. The zero-order valence-electron chi connectivity index (χ0n) is 4.57. The zero-order chi connectivity index (χ0) is 6.28. The Kier molecular flexibility index (Phi) is 61.1. The standard InChI is InChI=1S/C2H3N.2ClH.H3O3P/c1-2-3;;;1-4(2)3/h1H3;2*1H;4H,(H2,1,2,3). The van der Waals surface area contributed by atoms with Gasteiger partial charge in [0.05, 0.1) is 6.07 Å². The second-order valence-electron chi connectivity index (χ2n) is 0.506. The van der Waals surface area contributed by atoms with Crippen LogP contribution in [0.4, 0.5) is 0 Å². The van der Waals surface area contributed by atoms with Crippen molar-refractivity contribution in [3.63, 3.8) is 0 Å². The molecule has 0 aromatic carbocycles. The molecule has 0 amide bonds. The van der Waals surface area contributed by atoms with Crippen molar-refractivity contribution < 1.29 is 14.4 Å². The Bertz CT molecular complexity index is 88.3. The van der Waals surface area contributed by atoms with E-state index in [9.17, 15) is 0 Å². The van der Waals surface area contributed by atoms with Gasteiger partial charge in [-0.05, 0) is 0 Å². The van der Waals surface area contributed by atoms with E-state index in [1.54, 1.807) is 6.07 Å². The number of rotatable bonds is 0. The average molecular weight is 196 g/mol. The number of nitriles is 1. The van der Waals surface area contributed by atoms with Crippen LogP contribution in [-0.4, -0.2) is 9.79 Å². The van der Waals surface area contributed by atoms with Gasteiger partial charge in [-0.2, -0.15) is 5.26 Å². The van der Waals surface area contributed by atoms with Gasteiger partial charge in [0, 0.05) is 6.92 Å². The maximum atomic E-state index is 8.74. The van der Waals surface area contributed by atoms with Crippen molar-refractivity contribution in [2.24, 2.45) is 0 Å². The van der Waals surface area contributed by atoms with Crippen molar-refractivity contribution in [2.75, 3.05) is 0 Å². The van der Waals surface area contributed by atoms with Gasteiger partial charge in [-0.3, -0.25) is 4.57 Å². The van der Waals surface area contributed by atoms with Gasteiger partial charge in [-0.25, -0.2) is 0 Å². The van der Waals surface area contributed by atoms with Gasteiger partial charge < -0.3 is 9.79 Å². The van der Waals surface area contributed by atoms with E-state index in [1.165, 1.54) is 6.92 Å². The smallest absolute Gasteiger partial charge is 0.314 e. The minimum atomic E-state index is -3.13. The summed E-state index contributed by atoms with van der Waals surface area (Å²) in [6.45, 7) is 1.43. The molecule has 0 atom stereocenters. The third-order valence-electron chi connectivity index (χ3n) is 0. The highest BCUT2D eigenvalue weighted by Crippen LogP contribution is 1.98. The lowest BCUT2D eigenvalue weighted by Crippen LogP contribution is -1.38. The second kappa shape index (κ2) is 24.1. The molecule has 0 aromatic rings. The first-order chi connectivity index (χ1) is 3.15. The molecule has 0 aliphatic rings. The SMILES string of the molecule is CC#N.Cl.Cl.O=[PH](O)O. The Morgan fingerprint density at radius 2 is 1.44 bits per heavy atom. The molecule has 0 rings (SSSR count). The molecular weight excluding hydrogens is 188 g/mol. The topological polar surface area (TPSA) is 81.3 Å². The molecule has 0 unspecified atom stereocenters. The van der Waals surface area contributed by atoms with Crippen molar-refractivity contribution in [1.82, 2.24) is 0 Å². The monoisotopic (exact) mass is 195 g/mol. The van der Waals surface area contributed by atoms with Crippen LogP contribution in [0.5, 0.6) is 0 Å². The molecule has 0 radical (unpaired) electrons. The van der Waals surface area contributed by atoms with Crippen LogP contribution in [-0.2, 0) is 4.57 Å². The molecule has 0 heterocycles. The highest BCUT2D eigenvalue weighted by Gasteiger charge is 1.61. The fourth-order valence-corrected chi connectivity index (χ4v) is 0. The highest BCUT2D eigenvalue weighted by atomic mass is 35.5. The number of halogens is 2. The van der Waals surface area contributed by atoms with E-state index in [2.05, 4.69) is 0 Å². The van der Waals surface area contributed by atoms with Crippen LogP contribution in [0, 0.1) is 11.3 Å². The van der Waals surface area contributed by atoms with Crippen molar-refractivity contribution in [1.29, 1.82) is 5.26 Å². The van der Waals surface area contributed by atoms with E-state index < -0.39 is 8.25 Å². The summed E-state index contributed by atoms with van der Waals surface area (Å²) < 4.78 is 8.74. The summed E-state index contributed by atoms with van der Waals surface area (Å²) in [5, 5.41) is 7.32. The number of nitrogens with zero attached hydrogens (tertiary/aromatic N) is 1. The molecule has 2 N–H and O–H groups in total. The molecule has 0 aliphatic heterocycles. The molecule has 58 valence electrons. The van der Waals surface area contributed by atoms with E-state index in [1.807, 2.05) is 0 Å². The fourth-order valence-electron chi connectivity index (χ4n) is 0. The first kappa shape index (κ1) is 22.9. The lowest BCUT2D eigenvalue weighted by atomic mass is 11.0. The zero-order valence-corrected chi connectivity index (χ0v) is 7.20. The van der Waals surface area contributed by atoms with Gasteiger partial charge in [0.25, 0.3) is 0 Å². The van der Waals surface area contributed by atoms with Crippen molar-refractivity contribution in [3.05, 3.63) is 0 Å². The Balaban J connectivity index is -0.0000000233. The van der Waals surface area contributed by atoms with E-state index >= 15 is 0 Å². The first-order valence-electron chi connectivity index (χ1n) is 1.37. The van der Waals surface area contributed by atoms with Crippen LogP contribution in [0.15, 0.2) is 0 Å². The third kappa shape index (κ3) is 6570. The van der Waals surface area contributed by atoms with E-state index in [0.29, 0.717) is 0 Å². The maximum Gasteiger partial charge on any atom is 0.314 e. The Hall–Kier alpha value is 0.220. The summed E-state index contributed by atoms with van der Waals surface area (Å²) in [6, 6.07) is 1.75. The van der Waals surface area contributed by atoms with Crippen LogP contribution >= 0.6 is 33.1 Å². The molecular formula is C2H8Cl2NO3P. The summed E-state index contributed by atoms with van der Waals surface area (Å²) in [5.41, 5.74) is 0. The minimum Gasteiger partial charge on any atom is -0.326 e. The van der Waals surface area contributed by atoms with Crippen LogP contribution < -0.4 is 0 Å². The van der Waals surface area contributed by atoms with Crippen LogP contribution in [0.2, 0.25) is 0 Å². The lowest BCUT2D eigenvalue weighted by Gasteiger charge is -1.61. The van der Waals surface area contributed by atoms with Crippen LogP contribution in [0.25, 0.3) is 0 Å². The first-order valence-corrected chi connectivity index (χ1v) is 2.68. The number of hydrogen-bond donors (Lipinski definition) is 2. The summed E-state index contributed by atoms with van der Waals surface area (Å²) in [5.74, 6) is 0. The Morgan fingerprint density at radius 1 is 1.44 bits per heavy atom. The molecule has 0 saturated carbocycles. The Labute approximate surface area is 66.3 Å². The molecule has 0 spiro atoms. The molecule has 9 heavy (non-hydrogen) atoms. The molecule has 7 heteroatoms. The van der Waals surface area contributed by atoms with Gasteiger partial charge in [0.15, 0.2) is 0 Å². The van der Waals surface area contributed by atoms with E-state index in [-0.39, 0.29) is 24.8 Å². The van der Waals surface area contributed by atoms with Crippen LogP contribution in [0.3, 0.4) is 0 Å². The Morgan fingerprint density at radius 3 is 1.44 bits per heavy atom. The lowest BCUT2D eigenvalue weighted by molar-refractivity contribution is 0.405. The van der Waals surface area contributed by atoms with Crippen molar-refractivity contribution in [3.8, 4) is 6.07 Å². The summed E-state index contributed by atoms with van der Waals surface area (Å²) in [7, 11) is -3.13. The van der Waals surface area contributed by atoms with Gasteiger partial charge >= 0.3 is 8.25 Å². The largest absolute Gasteiger partial charge is 0.326 e. The highest BCUT2D eigenvalue weighted by molar-refractivity contribution is 7.30. The maximum absolute atomic E-state index is 8.74. The molecule has 0 aromatic heterocycles. The molecule has 0 fully saturated rings. The minimum absolute atomic E-state index is 0. The van der Waals surface area contributed by atoms with Crippen molar-refractivity contribution in [2.45, 2.75) is 6.92 Å².